The molecule has 23 heavy (non-hydrogen) atoms. The zero-order valence-corrected chi connectivity index (χ0v) is 12.3. The third kappa shape index (κ3) is 3.08. The summed E-state index contributed by atoms with van der Waals surface area (Å²) in [7, 11) is 0. The fourth-order valence-electron chi connectivity index (χ4n) is 2.96. The zero-order chi connectivity index (χ0) is 16.6. The van der Waals surface area contributed by atoms with Crippen LogP contribution in [0.25, 0.3) is 0 Å². The minimum absolute atomic E-state index is 0.0746. The first-order chi connectivity index (χ1) is 10.9. The minimum Gasteiger partial charge on any atom is -0.486 e. The number of hydrogen-bond donors (Lipinski definition) is 1. The van der Waals surface area contributed by atoms with E-state index in [9.17, 15) is 18.0 Å². The van der Waals surface area contributed by atoms with E-state index in [1.165, 1.54) is 6.07 Å². The number of carbonyl (C=O) groups is 1. The molecule has 1 aromatic rings. The van der Waals surface area contributed by atoms with E-state index in [0.29, 0.717) is 12.4 Å². The van der Waals surface area contributed by atoms with Crippen molar-refractivity contribution in [1.82, 2.24) is 4.90 Å². The Labute approximate surface area is 131 Å². The van der Waals surface area contributed by atoms with Crippen LogP contribution < -0.4 is 15.2 Å². The van der Waals surface area contributed by atoms with Crippen molar-refractivity contribution in [2.24, 2.45) is 5.73 Å². The van der Waals surface area contributed by atoms with Crippen LogP contribution in [0.3, 0.4) is 0 Å². The Morgan fingerprint density at radius 3 is 2.70 bits per heavy atom. The molecular weight excluding hydrogens is 313 g/mol. The Hall–Kier alpha value is -1.96. The van der Waals surface area contributed by atoms with E-state index in [4.69, 9.17) is 15.2 Å². The first-order valence-corrected chi connectivity index (χ1v) is 7.40. The predicted molar refractivity (Wildman–Crippen MR) is 75.5 cm³/mol. The molecule has 0 aliphatic carbocycles. The van der Waals surface area contributed by atoms with Gasteiger partial charge in [0.15, 0.2) is 11.5 Å². The number of para-hydroxylation sites is 1. The molecule has 0 saturated carbocycles. The van der Waals surface area contributed by atoms with Crippen molar-refractivity contribution in [1.29, 1.82) is 0 Å². The van der Waals surface area contributed by atoms with Crippen LogP contribution in [-0.2, 0) is 0 Å². The van der Waals surface area contributed by atoms with Crippen LogP contribution in [0, 0.1) is 0 Å². The quantitative estimate of drug-likeness (QED) is 0.855. The second-order valence-electron chi connectivity index (χ2n) is 5.68. The van der Waals surface area contributed by atoms with Crippen molar-refractivity contribution in [2.45, 2.75) is 31.1 Å². The van der Waals surface area contributed by atoms with Gasteiger partial charge in [-0.05, 0) is 25.0 Å². The number of halogens is 3. The van der Waals surface area contributed by atoms with Crippen molar-refractivity contribution >= 4 is 5.91 Å². The summed E-state index contributed by atoms with van der Waals surface area (Å²) in [5.41, 5.74) is 5.84. The number of nitrogens with two attached hydrogens (primary N) is 1. The molecule has 1 aromatic carbocycles. The Balaban J connectivity index is 1.94. The highest BCUT2D eigenvalue weighted by Crippen LogP contribution is 2.37. The molecule has 0 spiro atoms. The summed E-state index contributed by atoms with van der Waals surface area (Å²) >= 11 is 0. The van der Waals surface area contributed by atoms with Gasteiger partial charge >= 0.3 is 6.18 Å². The van der Waals surface area contributed by atoms with E-state index >= 15 is 0 Å². The summed E-state index contributed by atoms with van der Waals surface area (Å²) in [4.78, 5) is 13.5. The van der Waals surface area contributed by atoms with Crippen LogP contribution in [0.15, 0.2) is 18.2 Å². The van der Waals surface area contributed by atoms with Crippen LogP contribution in [-0.4, -0.2) is 48.8 Å². The molecule has 5 nitrogen and oxygen atoms in total. The second-order valence-corrected chi connectivity index (χ2v) is 5.68. The molecule has 2 atom stereocenters. The van der Waals surface area contributed by atoms with Gasteiger partial charge < -0.3 is 20.1 Å². The van der Waals surface area contributed by atoms with Gasteiger partial charge in [-0.25, -0.2) is 0 Å². The van der Waals surface area contributed by atoms with Crippen LogP contribution in [0.4, 0.5) is 13.2 Å². The number of benzene rings is 1. The minimum atomic E-state index is -4.48. The fraction of sp³-hybridized carbons (Fsp3) is 0.533. The molecule has 0 aromatic heterocycles. The molecule has 0 radical (unpaired) electrons. The van der Waals surface area contributed by atoms with Gasteiger partial charge in [0.25, 0.3) is 5.91 Å². The van der Waals surface area contributed by atoms with Gasteiger partial charge in [0.1, 0.15) is 19.3 Å². The van der Waals surface area contributed by atoms with Gasteiger partial charge in [-0.1, -0.05) is 6.07 Å². The average molecular weight is 330 g/mol. The lowest BCUT2D eigenvalue weighted by Gasteiger charge is -2.39. The Kier molecular flexibility index (Phi) is 4.09. The van der Waals surface area contributed by atoms with Crippen LogP contribution in [0.2, 0.25) is 0 Å². The van der Waals surface area contributed by atoms with Crippen LogP contribution in [0.1, 0.15) is 23.2 Å². The van der Waals surface area contributed by atoms with Gasteiger partial charge in [0.2, 0.25) is 0 Å². The maximum Gasteiger partial charge on any atom is 0.408 e. The summed E-state index contributed by atoms with van der Waals surface area (Å²) < 4.78 is 50.5. The Morgan fingerprint density at radius 2 is 1.96 bits per heavy atom. The SMILES string of the molecule is N[C@@H]1CC[C@@H](C(F)(F)F)N(C(=O)c2cccc3c2OCCO3)C1. The van der Waals surface area contributed by atoms with E-state index in [1.807, 2.05) is 0 Å². The van der Waals surface area contributed by atoms with Gasteiger partial charge in [0, 0.05) is 12.6 Å². The number of hydrogen-bond acceptors (Lipinski definition) is 4. The predicted octanol–water partition coefficient (Wildman–Crippen LogP) is 1.95. The van der Waals surface area contributed by atoms with Crippen molar-refractivity contribution in [3.05, 3.63) is 23.8 Å². The van der Waals surface area contributed by atoms with E-state index < -0.39 is 24.2 Å². The molecule has 0 unspecified atom stereocenters. The highest BCUT2D eigenvalue weighted by Gasteiger charge is 2.48. The molecule has 0 bridgehead atoms. The monoisotopic (exact) mass is 330 g/mol. The number of carbonyl (C=O) groups excluding carboxylic acids is 1. The number of fused-ring (bicyclic) bond motifs is 1. The molecule has 2 aliphatic heterocycles. The second kappa shape index (κ2) is 5.92. The number of alkyl halides is 3. The lowest BCUT2D eigenvalue weighted by molar-refractivity contribution is -0.184. The normalized spacial score (nSPS) is 24.4. The lowest BCUT2D eigenvalue weighted by atomic mass is 9.97. The number of likely N-dealkylation sites (tertiary alicyclic amines) is 1. The molecule has 8 heteroatoms. The number of piperidine rings is 1. The number of nitrogens with zero attached hydrogens (tertiary/aromatic N) is 1. The summed E-state index contributed by atoms with van der Waals surface area (Å²) in [5.74, 6) is -0.166. The largest absolute Gasteiger partial charge is 0.486 e. The molecular formula is C15H17F3N2O3. The van der Waals surface area contributed by atoms with E-state index in [2.05, 4.69) is 0 Å². The first-order valence-electron chi connectivity index (χ1n) is 7.40. The Morgan fingerprint density at radius 1 is 1.22 bits per heavy atom. The van der Waals surface area contributed by atoms with E-state index in [0.717, 1.165) is 4.90 Å². The summed E-state index contributed by atoms with van der Waals surface area (Å²) in [5, 5.41) is 0. The standard InChI is InChI=1S/C15H17F3N2O3/c16-15(17,18)12-5-4-9(19)8-20(12)14(21)10-2-1-3-11-13(10)23-7-6-22-11/h1-3,9,12H,4-8,19H2/t9-,12+/m1/s1. The van der Waals surface area contributed by atoms with Crippen molar-refractivity contribution in [2.75, 3.05) is 19.8 Å². The maximum atomic E-state index is 13.2. The van der Waals surface area contributed by atoms with Crippen molar-refractivity contribution < 1.29 is 27.4 Å². The Bertz CT molecular complexity index is 606. The molecule has 1 amide bonds. The average Bonchev–Trinajstić information content (AvgIpc) is 2.52. The highest BCUT2D eigenvalue weighted by atomic mass is 19.4. The fourth-order valence-corrected chi connectivity index (χ4v) is 2.96. The van der Waals surface area contributed by atoms with Gasteiger partial charge in [-0.2, -0.15) is 13.2 Å². The van der Waals surface area contributed by atoms with E-state index in [1.54, 1.807) is 12.1 Å². The van der Waals surface area contributed by atoms with Gasteiger partial charge in [-0.3, -0.25) is 4.79 Å². The van der Waals surface area contributed by atoms with Gasteiger partial charge in [0.05, 0.1) is 5.56 Å². The zero-order valence-electron chi connectivity index (χ0n) is 12.3. The summed E-state index contributed by atoms with van der Waals surface area (Å²) in [6.07, 6.45) is -4.44. The molecule has 1 saturated heterocycles. The number of amides is 1. The topological polar surface area (TPSA) is 64.8 Å². The maximum absolute atomic E-state index is 13.2. The lowest BCUT2D eigenvalue weighted by Crippen LogP contribution is -2.56. The molecule has 2 N–H and O–H groups in total. The molecule has 2 heterocycles. The molecule has 1 fully saturated rings. The van der Waals surface area contributed by atoms with Gasteiger partial charge in [-0.15, -0.1) is 0 Å². The van der Waals surface area contributed by atoms with Crippen LogP contribution in [0.5, 0.6) is 11.5 Å². The smallest absolute Gasteiger partial charge is 0.408 e. The number of ether oxygens (including phenoxy) is 2. The molecule has 126 valence electrons. The molecule has 3 rings (SSSR count). The summed E-state index contributed by atoms with van der Waals surface area (Å²) in [6, 6.07) is 2.34. The van der Waals surface area contributed by atoms with Crippen molar-refractivity contribution in [3.63, 3.8) is 0 Å². The van der Waals surface area contributed by atoms with E-state index in [-0.39, 0.29) is 37.3 Å². The highest BCUT2D eigenvalue weighted by molar-refractivity contribution is 5.98. The first kappa shape index (κ1) is 15.9. The molecule has 2 aliphatic rings. The van der Waals surface area contributed by atoms with Crippen molar-refractivity contribution in [3.8, 4) is 11.5 Å². The third-order valence-electron chi connectivity index (χ3n) is 4.05. The third-order valence-corrected chi connectivity index (χ3v) is 4.05. The summed E-state index contributed by atoms with van der Waals surface area (Å²) in [6.45, 7) is 0.456. The number of rotatable bonds is 1. The van der Waals surface area contributed by atoms with Crippen LogP contribution >= 0.6 is 0 Å².